The first-order chi connectivity index (χ1) is 9.13. The quantitative estimate of drug-likeness (QED) is 0.893. The van der Waals surface area contributed by atoms with Gasteiger partial charge in [-0.05, 0) is 65.9 Å². The van der Waals surface area contributed by atoms with Gasteiger partial charge in [0.25, 0.3) is 0 Å². The highest BCUT2D eigenvalue weighted by atomic mass is 79.9. The van der Waals surface area contributed by atoms with Crippen LogP contribution in [-0.4, -0.2) is 19.1 Å². The van der Waals surface area contributed by atoms with Gasteiger partial charge in [-0.3, -0.25) is 0 Å². The molecule has 1 fully saturated rings. The fourth-order valence-electron chi connectivity index (χ4n) is 2.84. The average Bonchev–Trinajstić information content (AvgIpc) is 2.40. The molecule has 0 bridgehead atoms. The van der Waals surface area contributed by atoms with Crippen LogP contribution in [0.5, 0.6) is 0 Å². The summed E-state index contributed by atoms with van der Waals surface area (Å²) in [7, 11) is 0. The van der Waals surface area contributed by atoms with Crippen molar-refractivity contribution in [3.05, 3.63) is 28.2 Å². The minimum atomic E-state index is 0.629. The molecular weight excluding hydrogens is 300 g/mol. The second kappa shape index (κ2) is 6.76. The van der Waals surface area contributed by atoms with E-state index < -0.39 is 0 Å². The van der Waals surface area contributed by atoms with Crippen LogP contribution in [0.25, 0.3) is 0 Å². The molecule has 2 rings (SSSR count). The van der Waals surface area contributed by atoms with Crippen molar-refractivity contribution in [2.75, 3.05) is 18.0 Å². The third-order valence-corrected chi connectivity index (χ3v) is 4.91. The van der Waals surface area contributed by atoms with E-state index in [1.165, 1.54) is 35.1 Å². The Hall–Kier alpha value is -0.540. The van der Waals surface area contributed by atoms with Crippen LogP contribution in [-0.2, 0) is 6.54 Å². The number of nitrogens with one attached hydrogen (secondary N) is 1. The van der Waals surface area contributed by atoms with Gasteiger partial charge in [0.15, 0.2) is 0 Å². The molecule has 1 heterocycles. The van der Waals surface area contributed by atoms with Crippen LogP contribution < -0.4 is 10.2 Å². The van der Waals surface area contributed by atoms with E-state index in [2.05, 4.69) is 65.1 Å². The first-order valence-corrected chi connectivity index (χ1v) is 8.18. The van der Waals surface area contributed by atoms with Crippen molar-refractivity contribution in [2.24, 2.45) is 5.92 Å². The lowest BCUT2D eigenvalue weighted by Crippen LogP contribution is -2.42. The van der Waals surface area contributed by atoms with Crippen LogP contribution in [0.4, 0.5) is 5.69 Å². The Bertz CT molecular complexity index is 419. The molecule has 1 N–H and O–H groups in total. The van der Waals surface area contributed by atoms with Gasteiger partial charge in [0, 0.05) is 23.6 Å². The summed E-state index contributed by atoms with van der Waals surface area (Å²) < 4.78 is 1.23. The summed E-state index contributed by atoms with van der Waals surface area (Å²) in [4.78, 5) is 2.55. The minimum absolute atomic E-state index is 0.629. The second-order valence-electron chi connectivity index (χ2n) is 5.62. The van der Waals surface area contributed by atoms with Gasteiger partial charge in [-0.1, -0.05) is 19.9 Å². The summed E-state index contributed by atoms with van der Waals surface area (Å²) in [5, 5.41) is 3.37. The molecule has 3 heteroatoms. The van der Waals surface area contributed by atoms with Gasteiger partial charge in [0.05, 0.1) is 5.69 Å². The van der Waals surface area contributed by atoms with E-state index in [9.17, 15) is 0 Å². The molecule has 0 radical (unpaired) electrons. The summed E-state index contributed by atoms with van der Waals surface area (Å²) in [6.45, 7) is 9.99. The van der Waals surface area contributed by atoms with E-state index in [-0.39, 0.29) is 0 Å². The van der Waals surface area contributed by atoms with Crippen LogP contribution in [0.2, 0.25) is 0 Å². The second-order valence-corrected chi connectivity index (χ2v) is 6.47. The highest BCUT2D eigenvalue weighted by Gasteiger charge is 2.25. The zero-order chi connectivity index (χ0) is 13.8. The monoisotopic (exact) mass is 324 g/mol. The predicted molar refractivity (Wildman–Crippen MR) is 86.7 cm³/mol. The number of rotatable bonds is 4. The number of piperidine rings is 1. The van der Waals surface area contributed by atoms with Crippen molar-refractivity contribution >= 4 is 21.6 Å². The van der Waals surface area contributed by atoms with Crippen LogP contribution in [0.15, 0.2) is 22.7 Å². The Kier molecular flexibility index (Phi) is 5.28. The fourth-order valence-corrected chi connectivity index (χ4v) is 3.49. The Morgan fingerprint density at radius 1 is 1.37 bits per heavy atom. The maximum atomic E-state index is 3.75. The molecule has 0 saturated carbocycles. The maximum absolute atomic E-state index is 3.75. The van der Waals surface area contributed by atoms with E-state index in [0.29, 0.717) is 6.04 Å². The van der Waals surface area contributed by atoms with Crippen molar-refractivity contribution < 1.29 is 0 Å². The lowest BCUT2D eigenvalue weighted by Gasteiger charge is -2.40. The number of halogens is 1. The van der Waals surface area contributed by atoms with E-state index in [4.69, 9.17) is 0 Å². The third-order valence-electron chi connectivity index (χ3n) is 4.27. The molecule has 1 aliphatic heterocycles. The van der Waals surface area contributed by atoms with Crippen LogP contribution >= 0.6 is 15.9 Å². The normalized spacial score (nSPS) is 23.7. The standard InChI is InChI=1S/C16H25BrN2/c1-4-18-11-14-7-8-16(15(17)10-14)19-9-5-6-12(2)13(19)3/h7-8,10,12-13,18H,4-6,9,11H2,1-3H3. The zero-order valence-electron chi connectivity index (χ0n) is 12.2. The third kappa shape index (κ3) is 3.51. The largest absolute Gasteiger partial charge is 0.368 e. The van der Waals surface area contributed by atoms with Crippen molar-refractivity contribution in [2.45, 2.75) is 46.2 Å². The lowest BCUT2D eigenvalue weighted by atomic mass is 9.91. The molecule has 19 heavy (non-hydrogen) atoms. The maximum Gasteiger partial charge on any atom is 0.0513 e. The van der Waals surface area contributed by atoms with E-state index in [1.54, 1.807) is 0 Å². The van der Waals surface area contributed by atoms with E-state index in [1.807, 2.05) is 0 Å². The molecule has 0 aromatic heterocycles. The molecular formula is C16H25BrN2. The van der Waals surface area contributed by atoms with Gasteiger partial charge in [-0.15, -0.1) is 0 Å². The Morgan fingerprint density at radius 2 is 2.16 bits per heavy atom. The summed E-state index contributed by atoms with van der Waals surface area (Å²) in [5.74, 6) is 0.780. The van der Waals surface area contributed by atoms with Crippen molar-refractivity contribution in [1.29, 1.82) is 0 Å². The van der Waals surface area contributed by atoms with Crippen molar-refractivity contribution in [3.63, 3.8) is 0 Å². The van der Waals surface area contributed by atoms with Gasteiger partial charge in [0.1, 0.15) is 0 Å². The smallest absolute Gasteiger partial charge is 0.0513 e. The molecule has 1 aromatic carbocycles. The molecule has 1 aliphatic rings. The highest BCUT2D eigenvalue weighted by Crippen LogP contribution is 2.34. The van der Waals surface area contributed by atoms with Gasteiger partial charge >= 0.3 is 0 Å². The van der Waals surface area contributed by atoms with Gasteiger partial charge in [-0.25, -0.2) is 0 Å². The molecule has 0 amide bonds. The van der Waals surface area contributed by atoms with Gasteiger partial charge in [0.2, 0.25) is 0 Å². The number of nitrogens with zero attached hydrogens (tertiary/aromatic N) is 1. The summed E-state index contributed by atoms with van der Waals surface area (Å²) in [5.41, 5.74) is 2.69. The Morgan fingerprint density at radius 3 is 2.84 bits per heavy atom. The molecule has 1 saturated heterocycles. The van der Waals surface area contributed by atoms with Crippen molar-refractivity contribution in [1.82, 2.24) is 5.32 Å². The molecule has 0 spiro atoms. The zero-order valence-corrected chi connectivity index (χ0v) is 13.8. The van der Waals surface area contributed by atoms with Gasteiger partial charge < -0.3 is 10.2 Å². The van der Waals surface area contributed by atoms with E-state index >= 15 is 0 Å². The predicted octanol–water partition coefficient (Wildman–Crippen LogP) is 4.18. The minimum Gasteiger partial charge on any atom is -0.368 e. The van der Waals surface area contributed by atoms with Crippen LogP contribution in [0, 0.1) is 5.92 Å². The summed E-state index contributed by atoms with van der Waals surface area (Å²) in [6.07, 6.45) is 2.66. The molecule has 106 valence electrons. The van der Waals surface area contributed by atoms with Gasteiger partial charge in [-0.2, -0.15) is 0 Å². The number of hydrogen-bond acceptors (Lipinski definition) is 2. The molecule has 2 unspecified atom stereocenters. The van der Waals surface area contributed by atoms with Crippen molar-refractivity contribution in [3.8, 4) is 0 Å². The summed E-state index contributed by atoms with van der Waals surface area (Å²) >= 11 is 3.75. The molecule has 1 aromatic rings. The highest BCUT2D eigenvalue weighted by molar-refractivity contribution is 9.10. The topological polar surface area (TPSA) is 15.3 Å². The lowest BCUT2D eigenvalue weighted by molar-refractivity contribution is 0.363. The fraction of sp³-hybridized carbons (Fsp3) is 0.625. The number of hydrogen-bond donors (Lipinski definition) is 1. The van der Waals surface area contributed by atoms with Crippen LogP contribution in [0.1, 0.15) is 39.2 Å². The molecule has 0 aliphatic carbocycles. The Labute approximate surface area is 125 Å². The first-order valence-electron chi connectivity index (χ1n) is 7.39. The average molecular weight is 325 g/mol. The molecule has 2 atom stereocenters. The van der Waals surface area contributed by atoms with Crippen LogP contribution in [0.3, 0.4) is 0 Å². The molecule has 2 nitrogen and oxygen atoms in total. The van der Waals surface area contributed by atoms with E-state index in [0.717, 1.165) is 19.0 Å². The Balaban J connectivity index is 2.15. The number of benzene rings is 1. The SMILES string of the molecule is CCNCc1ccc(N2CCCC(C)C2C)c(Br)c1. The number of anilines is 1. The summed E-state index contributed by atoms with van der Waals surface area (Å²) in [6, 6.07) is 7.40. The first kappa shape index (κ1) is 14.9.